The number of rotatable bonds is 9. The molecular formula is C10H19ClO2. The molecule has 0 bridgehead atoms. The molecule has 0 fully saturated rings. The zero-order chi connectivity index (χ0) is 9.94. The summed E-state index contributed by atoms with van der Waals surface area (Å²) >= 11 is 5.20. The maximum Gasteiger partial charge on any atom is 0.221 e. The van der Waals surface area contributed by atoms with Crippen LogP contribution in [0.5, 0.6) is 0 Å². The number of ether oxygens (including phenoxy) is 1. The summed E-state index contributed by atoms with van der Waals surface area (Å²) in [5, 5.41) is -0.214. The van der Waals surface area contributed by atoms with Crippen molar-refractivity contribution in [3.63, 3.8) is 0 Å². The van der Waals surface area contributed by atoms with Crippen LogP contribution < -0.4 is 0 Å². The Morgan fingerprint density at radius 2 is 1.77 bits per heavy atom. The van der Waals surface area contributed by atoms with Crippen LogP contribution in [0.2, 0.25) is 0 Å². The SMILES string of the molecule is CCOCCCCCCCC(=O)Cl. The zero-order valence-corrected chi connectivity index (χ0v) is 9.11. The van der Waals surface area contributed by atoms with Gasteiger partial charge in [-0.1, -0.05) is 19.3 Å². The Morgan fingerprint density at radius 1 is 1.15 bits per heavy atom. The number of carbonyl (C=O) groups excluding carboxylic acids is 1. The number of unbranched alkanes of at least 4 members (excludes halogenated alkanes) is 4. The van der Waals surface area contributed by atoms with Gasteiger partial charge in [-0.3, -0.25) is 4.79 Å². The fourth-order valence-corrected chi connectivity index (χ4v) is 1.28. The fraction of sp³-hybridized carbons (Fsp3) is 0.900. The van der Waals surface area contributed by atoms with Gasteiger partial charge in [0, 0.05) is 19.6 Å². The molecule has 0 aliphatic rings. The Hall–Kier alpha value is -0.0800. The summed E-state index contributed by atoms with van der Waals surface area (Å²) < 4.78 is 5.20. The second kappa shape index (κ2) is 10.0. The third-order valence-electron chi connectivity index (χ3n) is 1.87. The molecule has 0 unspecified atom stereocenters. The lowest BCUT2D eigenvalue weighted by Gasteiger charge is -2.00. The second-order valence-corrected chi connectivity index (χ2v) is 3.49. The van der Waals surface area contributed by atoms with Crippen molar-refractivity contribution in [3.8, 4) is 0 Å². The highest BCUT2D eigenvalue weighted by Crippen LogP contribution is 2.06. The monoisotopic (exact) mass is 206 g/mol. The Bertz CT molecular complexity index is 126. The van der Waals surface area contributed by atoms with E-state index in [0.717, 1.165) is 32.5 Å². The van der Waals surface area contributed by atoms with Crippen LogP contribution in [0.3, 0.4) is 0 Å². The van der Waals surface area contributed by atoms with E-state index >= 15 is 0 Å². The molecule has 0 aromatic carbocycles. The van der Waals surface area contributed by atoms with Gasteiger partial charge in [-0.05, 0) is 31.4 Å². The molecule has 0 aliphatic heterocycles. The first-order chi connectivity index (χ1) is 6.27. The van der Waals surface area contributed by atoms with Crippen molar-refractivity contribution in [2.24, 2.45) is 0 Å². The quantitative estimate of drug-likeness (QED) is 0.428. The molecule has 0 N–H and O–H groups in total. The highest BCUT2D eigenvalue weighted by molar-refractivity contribution is 6.63. The van der Waals surface area contributed by atoms with Gasteiger partial charge in [0.25, 0.3) is 0 Å². The minimum Gasteiger partial charge on any atom is -0.382 e. The van der Waals surface area contributed by atoms with Crippen LogP contribution in [0.25, 0.3) is 0 Å². The molecule has 0 saturated heterocycles. The summed E-state index contributed by atoms with van der Waals surface area (Å²) in [7, 11) is 0. The molecule has 0 aromatic rings. The molecule has 0 aliphatic carbocycles. The van der Waals surface area contributed by atoms with Gasteiger partial charge in [0.15, 0.2) is 0 Å². The highest BCUT2D eigenvalue weighted by atomic mass is 35.5. The molecule has 3 heteroatoms. The van der Waals surface area contributed by atoms with Gasteiger partial charge >= 0.3 is 0 Å². The van der Waals surface area contributed by atoms with E-state index in [-0.39, 0.29) is 5.24 Å². The van der Waals surface area contributed by atoms with Crippen molar-refractivity contribution < 1.29 is 9.53 Å². The lowest BCUT2D eigenvalue weighted by atomic mass is 10.1. The fourth-order valence-electron chi connectivity index (χ4n) is 1.14. The largest absolute Gasteiger partial charge is 0.382 e. The van der Waals surface area contributed by atoms with Crippen molar-refractivity contribution in [2.75, 3.05) is 13.2 Å². The number of hydrogen-bond donors (Lipinski definition) is 0. The molecule has 2 nitrogen and oxygen atoms in total. The van der Waals surface area contributed by atoms with Crippen LogP contribution in [0.1, 0.15) is 45.4 Å². The molecule has 0 atom stereocenters. The van der Waals surface area contributed by atoms with E-state index in [1.54, 1.807) is 0 Å². The zero-order valence-electron chi connectivity index (χ0n) is 8.35. The van der Waals surface area contributed by atoms with Crippen LogP contribution in [0.4, 0.5) is 0 Å². The Morgan fingerprint density at radius 3 is 2.38 bits per heavy atom. The van der Waals surface area contributed by atoms with E-state index in [1.807, 2.05) is 6.92 Å². The van der Waals surface area contributed by atoms with Crippen molar-refractivity contribution in [2.45, 2.75) is 45.4 Å². The number of halogens is 1. The molecule has 0 rings (SSSR count). The Labute approximate surface area is 85.6 Å². The predicted octanol–water partition coefficient (Wildman–Crippen LogP) is 3.13. The maximum atomic E-state index is 10.4. The standard InChI is InChI=1S/C10H19ClO2/c1-2-13-9-7-5-3-4-6-8-10(11)12/h2-9H2,1H3. The predicted molar refractivity (Wildman–Crippen MR) is 55.1 cm³/mol. The van der Waals surface area contributed by atoms with Gasteiger partial charge < -0.3 is 4.74 Å². The third-order valence-corrected chi connectivity index (χ3v) is 2.06. The van der Waals surface area contributed by atoms with Gasteiger partial charge in [0.1, 0.15) is 0 Å². The van der Waals surface area contributed by atoms with Crippen LogP contribution >= 0.6 is 11.6 Å². The Kier molecular flexibility index (Phi) is 9.94. The average Bonchev–Trinajstić information content (AvgIpc) is 2.09. The first-order valence-corrected chi connectivity index (χ1v) is 5.41. The molecule has 0 heterocycles. The highest BCUT2D eigenvalue weighted by Gasteiger charge is 1.95. The van der Waals surface area contributed by atoms with Crippen LogP contribution in [-0.2, 0) is 9.53 Å². The van der Waals surface area contributed by atoms with E-state index in [4.69, 9.17) is 16.3 Å². The molecule has 0 aromatic heterocycles. The smallest absolute Gasteiger partial charge is 0.221 e. The van der Waals surface area contributed by atoms with Gasteiger partial charge in [-0.2, -0.15) is 0 Å². The van der Waals surface area contributed by atoms with Crippen LogP contribution in [0, 0.1) is 0 Å². The lowest BCUT2D eigenvalue weighted by molar-refractivity contribution is -0.111. The van der Waals surface area contributed by atoms with Crippen molar-refractivity contribution in [3.05, 3.63) is 0 Å². The second-order valence-electron chi connectivity index (χ2n) is 3.07. The maximum absolute atomic E-state index is 10.4. The average molecular weight is 207 g/mol. The number of carbonyl (C=O) groups is 1. The third kappa shape index (κ3) is 11.9. The van der Waals surface area contributed by atoms with E-state index < -0.39 is 0 Å². The van der Waals surface area contributed by atoms with Crippen LogP contribution in [0.15, 0.2) is 0 Å². The molecule has 0 spiro atoms. The summed E-state index contributed by atoms with van der Waals surface area (Å²) in [4.78, 5) is 10.4. The molecule has 0 saturated carbocycles. The summed E-state index contributed by atoms with van der Waals surface area (Å²) in [6.07, 6.45) is 6.05. The van der Waals surface area contributed by atoms with E-state index in [2.05, 4.69) is 0 Å². The molecule has 13 heavy (non-hydrogen) atoms. The van der Waals surface area contributed by atoms with E-state index in [9.17, 15) is 4.79 Å². The van der Waals surface area contributed by atoms with Crippen LogP contribution in [-0.4, -0.2) is 18.5 Å². The summed E-state index contributed by atoms with van der Waals surface area (Å²) in [5.74, 6) is 0. The molecule has 78 valence electrons. The van der Waals surface area contributed by atoms with Gasteiger partial charge in [0.2, 0.25) is 5.24 Å². The minimum absolute atomic E-state index is 0.214. The summed E-state index contributed by atoms with van der Waals surface area (Å²) in [6, 6.07) is 0. The first kappa shape index (κ1) is 12.9. The van der Waals surface area contributed by atoms with Crippen molar-refractivity contribution in [1.29, 1.82) is 0 Å². The molecule has 0 radical (unpaired) electrons. The van der Waals surface area contributed by atoms with Crippen molar-refractivity contribution >= 4 is 16.8 Å². The summed E-state index contributed by atoms with van der Waals surface area (Å²) in [6.45, 7) is 3.68. The van der Waals surface area contributed by atoms with Gasteiger partial charge in [-0.25, -0.2) is 0 Å². The molecule has 0 amide bonds. The van der Waals surface area contributed by atoms with Crippen molar-refractivity contribution in [1.82, 2.24) is 0 Å². The summed E-state index contributed by atoms with van der Waals surface area (Å²) in [5.41, 5.74) is 0. The normalized spacial score (nSPS) is 10.3. The van der Waals surface area contributed by atoms with E-state index in [0.29, 0.717) is 6.42 Å². The lowest BCUT2D eigenvalue weighted by Crippen LogP contribution is -1.93. The topological polar surface area (TPSA) is 26.3 Å². The van der Waals surface area contributed by atoms with E-state index in [1.165, 1.54) is 12.8 Å². The Balaban J connectivity index is 2.87. The first-order valence-electron chi connectivity index (χ1n) is 5.03. The van der Waals surface area contributed by atoms with Gasteiger partial charge in [0.05, 0.1) is 0 Å². The minimum atomic E-state index is -0.214. The number of hydrogen-bond acceptors (Lipinski definition) is 2. The van der Waals surface area contributed by atoms with Gasteiger partial charge in [-0.15, -0.1) is 0 Å². The molecular weight excluding hydrogens is 188 g/mol.